The van der Waals surface area contributed by atoms with Gasteiger partial charge >= 0.3 is 0 Å². The van der Waals surface area contributed by atoms with Crippen molar-refractivity contribution >= 4 is 40.1 Å². The number of ether oxygens (including phenoxy) is 1. The van der Waals surface area contributed by atoms with E-state index in [0.29, 0.717) is 17.4 Å². The minimum atomic E-state index is 0.0364. The fourth-order valence-corrected chi connectivity index (χ4v) is 4.12. The molecule has 0 unspecified atom stereocenters. The van der Waals surface area contributed by atoms with E-state index < -0.39 is 0 Å². The van der Waals surface area contributed by atoms with Crippen LogP contribution in [0.3, 0.4) is 0 Å². The van der Waals surface area contributed by atoms with E-state index >= 15 is 0 Å². The lowest BCUT2D eigenvalue weighted by Crippen LogP contribution is -2.37. The lowest BCUT2D eigenvalue weighted by atomic mass is 10.2. The Kier molecular flexibility index (Phi) is 6.78. The Morgan fingerprint density at radius 1 is 1.10 bits per heavy atom. The van der Waals surface area contributed by atoms with Crippen molar-refractivity contribution in [1.29, 1.82) is 0 Å². The van der Waals surface area contributed by atoms with Crippen LogP contribution in [0.2, 0.25) is 0 Å². The lowest BCUT2D eigenvalue weighted by Gasteiger charge is -2.26. The lowest BCUT2D eigenvalue weighted by molar-refractivity contribution is -0.116. The summed E-state index contributed by atoms with van der Waals surface area (Å²) in [6.07, 6.45) is 1.36. The number of anilines is 2. The molecule has 7 nitrogen and oxygen atoms in total. The topological polar surface area (TPSA) is 93.4 Å². The first-order chi connectivity index (χ1) is 14.7. The van der Waals surface area contributed by atoms with Crippen molar-refractivity contribution in [2.24, 2.45) is 0 Å². The molecular formula is C22H25N5O2S. The average molecular weight is 424 g/mol. The van der Waals surface area contributed by atoms with Crippen molar-refractivity contribution in [1.82, 2.24) is 14.9 Å². The van der Waals surface area contributed by atoms with E-state index in [0.717, 1.165) is 60.8 Å². The van der Waals surface area contributed by atoms with Gasteiger partial charge < -0.3 is 15.8 Å². The number of nitrogens with zero attached hydrogens (tertiary/aromatic N) is 3. The molecular weight excluding hydrogens is 398 g/mol. The number of aromatic nitrogens is 2. The van der Waals surface area contributed by atoms with Crippen LogP contribution in [-0.4, -0.2) is 53.6 Å². The van der Waals surface area contributed by atoms with Crippen LogP contribution < -0.4 is 11.1 Å². The molecule has 156 valence electrons. The number of nitrogens with two attached hydrogens (primary N) is 1. The average Bonchev–Trinajstić information content (AvgIpc) is 2.76. The molecule has 1 fully saturated rings. The first-order valence-corrected chi connectivity index (χ1v) is 10.9. The van der Waals surface area contributed by atoms with Gasteiger partial charge in [-0.1, -0.05) is 12.1 Å². The summed E-state index contributed by atoms with van der Waals surface area (Å²) in [5, 5.41) is 4.42. The predicted molar refractivity (Wildman–Crippen MR) is 120 cm³/mol. The number of rotatable bonds is 7. The number of fused-ring (bicyclic) bond motifs is 1. The van der Waals surface area contributed by atoms with Gasteiger partial charge in [0, 0.05) is 35.5 Å². The van der Waals surface area contributed by atoms with E-state index in [2.05, 4.69) is 20.2 Å². The molecule has 0 radical (unpaired) electrons. The Hall–Kier alpha value is -2.68. The zero-order chi connectivity index (χ0) is 20.8. The highest BCUT2D eigenvalue weighted by atomic mass is 32.2. The van der Waals surface area contributed by atoms with Crippen molar-refractivity contribution in [3.8, 4) is 0 Å². The van der Waals surface area contributed by atoms with Crippen LogP contribution in [-0.2, 0) is 9.53 Å². The maximum absolute atomic E-state index is 12.2. The summed E-state index contributed by atoms with van der Waals surface area (Å²) in [6.45, 7) is 4.41. The normalized spacial score (nSPS) is 14.7. The number of nitrogens with one attached hydrogen (secondary N) is 1. The summed E-state index contributed by atoms with van der Waals surface area (Å²) >= 11 is 1.44. The number of hydrogen-bond acceptors (Lipinski definition) is 7. The number of benzene rings is 2. The highest BCUT2D eigenvalue weighted by Crippen LogP contribution is 2.29. The second-order valence-corrected chi connectivity index (χ2v) is 8.18. The van der Waals surface area contributed by atoms with Gasteiger partial charge in [-0.05, 0) is 61.1 Å². The third-order valence-corrected chi connectivity index (χ3v) is 5.81. The third-order valence-electron chi connectivity index (χ3n) is 4.94. The van der Waals surface area contributed by atoms with Crippen molar-refractivity contribution in [3.63, 3.8) is 0 Å². The van der Waals surface area contributed by atoms with Gasteiger partial charge in [-0.15, -0.1) is 0 Å². The van der Waals surface area contributed by atoms with Gasteiger partial charge in [0.2, 0.25) is 5.91 Å². The molecule has 0 aliphatic carbocycles. The largest absolute Gasteiger partial charge is 0.383 e. The van der Waals surface area contributed by atoms with Gasteiger partial charge in [-0.2, -0.15) is 0 Å². The van der Waals surface area contributed by atoms with E-state index in [-0.39, 0.29) is 5.91 Å². The van der Waals surface area contributed by atoms with Gasteiger partial charge in [-0.3, -0.25) is 9.69 Å². The molecule has 8 heteroatoms. The van der Waals surface area contributed by atoms with E-state index in [1.165, 1.54) is 11.8 Å². The molecule has 1 aromatic heterocycles. The summed E-state index contributed by atoms with van der Waals surface area (Å²) in [5.74, 6) is 0.512. The highest BCUT2D eigenvalue weighted by Gasteiger charge is 2.11. The standard InChI is InChI=1S/C22H25N5O2S/c23-21-18-4-1-2-5-19(18)25-22(26-21)30-17-9-7-16(8-10-17)24-20(28)6-3-11-27-12-14-29-15-13-27/h1-2,4-5,7-10H,3,6,11-15H2,(H,24,28)(H2,23,25,26). The molecule has 3 N–H and O–H groups in total. The molecule has 30 heavy (non-hydrogen) atoms. The molecule has 4 rings (SSSR count). The molecule has 1 aliphatic rings. The predicted octanol–water partition coefficient (Wildman–Crippen LogP) is 3.41. The molecule has 0 saturated carbocycles. The van der Waals surface area contributed by atoms with Crippen LogP contribution in [0.5, 0.6) is 0 Å². The molecule has 0 atom stereocenters. The van der Waals surface area contributed by atoms with Crippen LogP contribution in [0.15, 0.2) is 58.6 Å². The third kappa shape index (κ3) is 5.47. The molecule has 2 heterocycles. The number of hydrogen-bond donors (Lipinski definition) is 2. The van der Waals surface area contributed by atoms with Crippen molar-refractivity contribution < 1.29 is 9.53 Å². The Labute approximate surface area is 180 Å². The molecule has 1 aliphatic heterocycles. The second kappa shape index (κ2) is 9.88. The van der Waals surface area contributed by atoms with Gasteiger partial charge in [0.1, 0.15) is 5.82 Å². The smallest absolute Gasteiger partial charge is 0.224 e. The summed E-state index contributed by atoms with van der Waals surface area (Å²) < 4.78 is 5.34. The molecule has 1 saturated heterocycles. The van der Waals surface area contributed by atoms with E-state index in [1.807, 2.05) is 48.5 Å². The summed E-state index contributed by atoms with van der Waals surface area (Å²) in [5.41, 5.74) is 7.67. The van der Waals surface area contributed by atoms with Gasteiger partial charge in [-0.25, -0.2) is 9.97 Å². The number of carbonyl (C=O) groups is 1. The fraction of sp³-hybridized carbons (Fsp3) is 0.318. The monoisotopic (exact) mass is 423 g/mol. The Bertz CT molecular complexity index is 1010. The van der Waals surface area contributed by atoms with Crippen molar-refractivity contribution in [2.75, 3.05) is 43.9 Å². The number of amides is 1. The fourth-order valence-electron chi connectivity index (χ4n) is 3.35. The van der Waals surface area contributed by atoms with E-state index in [9.17, 15) is 4.79 Å². The zero-order valence-corrected chi connectivity index (χ0v) is 17.5. The van der Waals surface area contributed by atoms with Crippen LogP contribution in [0.4, 0.5) is 11.5 Å². The summed E-state index contributed by atoms with van der Waals surface area (Å²) in [6, 6.07) is 15.4. The van der Waals surface area contributed by atoms with Crippen LogP contribution in [0.1, 0.15) is 12.8 Å². The molecule has 2 aromatic carbocycles. The minimum absolute atomic E-state index is 0.0364. The maximum atomic E-state index is 12.2. The Morgan fingerprint density at radius 2 is 1.87 bits per heavy atom. The first-order valence-electron chi connectivity index (χ1n) is 10.1. The van der Waals surface area contributed by atoms with Gasteiger partial charge in [0.05, 0.1) is 18.7 Å². The number of para-hydroxylation sites is 1. The van der Waals surface area contributed by atoms with Gasteiger partial charge in [0.25, 0.3) is 0 Å². The minimum Gasteiger partial charge on any atom is -0.383 e. The number of carbonyl (C=O) groups excluding carboxylic acids is 1. The Balaban J connectivity index is 1.29. The zero-order valence-electron chi connectivity index (χ0n) is 16.7. The highest BCUT2D eigenvalue weighted by molar-refractivity contribution is 7.99. The van der Waals surface area contributed by atoms with Crippen LogP contribution >= 0.6 is 11.8 Å². The maximum Gasteiger partial charge on any atom is 0.224 e. The summed E-state index contributed by atoms with van der Waals surface area (Å²) in [7, 11) is 0. The van der Waals surface area contributed by atoms with Gasteiger partial charge in [0.15, 0.2) is 5.16 Å². The molecule has 1 amide bonds. The number of morpholine rings is 1. The van der Waals surface area contributed by atoms with Crippen molar-refractivity contribution in [3.05, 3.63) is 48.5 Å². The SMILES string of the molecule is Nc1nc(Sc2ccc(NC(=O)CCCN3CCOCC3)cc2)nc2ccccc12. The number of nitrogen functional groups attached to an aromatic ring is 1. The van der Waals surface area contributed by atoms with E-state index in [1.54, 1.807) is 0 Å². The van der Waals surface area contributed by atoms with Crippen molar-refractivity contribution in [2.45, 2.75) is 22.9 Å². The molecule has 0 bridgehead atoms. The van der Waals surface area contributed by atoms with Crippen LogP contribution in [0.25, 0.3) is 10.9 Å². The van der Waals surface area contributed by atoms with E-state index in [4.69, 9.17) is 10.5 Å². The molecule has 0 spiro atoms. The molecule has 3 aromatic rings. The van der Waals surface area contributed by atoms with Crippen LogP contribution in [0, 0.1) is 0 Å². The second-order valence-electron chi connectivity index (χ2n) is 7.14. The summed E-state index contributed by atoms with van der Waals surface area (Å²) in [4.78, 5) is 24.5. The Morgan fingerprint density at radius 3 is 2.67 bits per heavy atom. The first kappa shape index (κ1) is 20.6. The quantitative estimate of drug-likeness (QED) is 0.563.